The lowest BCUT2D eigenvalue weighted by atomic mass is 9.98. The van der Waals surface area contributed by atoms with E-state index in [0.29, 0.717) is 0 Å². The number of unbranched alkanes of at least 4 members (excludes halogenated alkanes) is 2. The molecule has 0 aromatic carbocycles. The van der Waals surface area contributed by atoms with E-state index in [-0.39, 0.29) is 0 Å². The normalized spacial score (nSPS) is 13.0. The number of rotatable bonds is 11. The summed E-state index contributed by atoms with van der Waals surface area (Å²) in [6, 6.07) is 0. The van der Waals surface area contributed by atoms with Crippen molar-refractivity contribution in [2.75, 3.05) is 19.8 Å². The molecular formula is C13H29NO. The molecule has 0 aliphatic carbocycles. The van der Waals surface area contributed by atoms with Crippen molar-refractivity contribution in [3.63, 3.8) is 0 Å². The zero-order valence-corrected chi connectivity index (χ0v) is 10.6. The van der Waals surface area contributed by atoms with E-state index in [1.54, 1.807) is 0 Å². The van der Waals surface area contributed by atoms with Gasteiger partial charge < -0.3 is 10.5 Å². The summed E-state index contributed by atoms with van der Waals surface area (Å²) in [7, 11) is 0. The van der Waals surface area contributed by atoms with Gasteiger partial charge in [0.15, 0.2) is 0 Å². The average Bonchev–Trinajstić information content (AvgIpc) is 2.25. The van der Waals surface area contributed by atoms with Crippen LogP contribution < -0.4 is 5.73 Å². The van der Waals surface area contributed by atoms with E-state index in [9.17, 15) is 0 Å². The van der Waals surface area contributed by atoms with Gasteiger partial charge in [0.1, 0.15) is 0 Å². The van der Waals surface area contributed by atoms with Crippen molar-refractivity contribution in [3.8, 4) is 0 Å². The van der Waals surface area contributed by atoms with Crippen LogP contribution in [-0.2, 0) is 4.74 Å². The van der Waals surface area contributed by atoms with Crippen LogP contribution in [0.3, 0.4) is 0 Å². The van der Waals surface area contributed by atoms with Gasteiger partial charge in [0.25, 0.3) is 0 Å². The van der Waals surface area contributed by atoms with E-state index >= 15 is 0 Å². The minimum atomic E-state index is 0.744. The molecule has 15 heavy (non-hydrogen) atoms. The van der Waals surface area contributed by atoms with Crippen LogP contribution in [0.25, 0.3) is 0 Å². The van der Waals surface area contributed by atoms with Crippen molar-refractivity contribution in [1.82, 2.24) is 0 Å². The van der Waals surface area contributed by atoms with Gasteiger partial charge >= 0.3 is 0 Å². The zero-order valence-electron chi connectivity index (χ0n) is 10.6. The van der Waals surface area contributed by atoms with Crippen LogP contribution in [0.5, 0.6) is 0 Å². The lowest BCUT2D eigenvalue weighted by Crippen LogP contribution is -2.05. The summed E-state index contributed by atoms with van der Waals surface area (Å²) in [6.45, 7) is 7.12. The summed E-state index contributed by atoms with van der Waals surface area (Å²) in [5, 5.41) is 0. The molecule has 0 fully saturated rings. The molecule has 92 valence electrons. The average molecular weight is 215 g/mol. The molecule has 0 aromatic heterocycles. The molecule has 1 unspecified atom stereocenters. The summed E-state index contributed by atoms with van der Waals surface area (Å²) in [4.78, 5) is 0. The van der Waals surface area contributed by atoms with Gasteiger partial charge in [-0.25, -0.2) is 0 Å². The molecular weight excluding hydrogens is 186 g/mol. The predicted octanol–water partition coefficient (Wildman–Crippen LogP) is 3.35. The monoisotopic (exact) mass is 215 g/mol. The number of hydrogen-bond acceptors (Lipinski definition) is 2. The Hall–Kier alpha value is -0.0800. The van der Waals surface area contributed by atoms with Gasteiger partial charge in [-0.1, -0.05) is 46.0 Å². The van der Waals surface area contributed by atoms with Crippen molar-refractivity contribution in [2.45, 2.75) is 58.8 Å². The summed E-state index contributed by atoms with van der Waals surface area (Å²) < 4.78 is 5.46. The Bertz CT molecular complexity index is 117. The number of ether oxygens (including phenoxy) is 1. The lowest BCUT2D eigenvalue weighted by molar-refractivity contribution is 0.128. The molecule has 0 saturated carbocycles. The van der Waals surface area contributed by atoms with Gasteiger partial charge in [0, 0.05) is 13.2 Å². The smallest absolute Gasteiger partial charge is 0.0478 e. The first kappa shape index (κ1) is 14.9. The van der Waals surface area contributed by atoms with Gasteiger partial charge in [0.05, 0.1) is 0 Å². The first-order valence-electron chi connectivity index (χ1n) is 6.59. The molecule has 0 radical (unpaired) electrons. The standard InChI is InChI=1S/C13H29NO/c1-3-4-8-13(2)9-5-6-11-15-12-7-10-14/h13H,3-12,14H2,1-2H3. The van der Waals surface area contributed by atoms with Crippen molar-refractivity contribution < 1.29 is 4.74 Å². The molecule has 0 rings (SSSR count). The molecule has 0 spiro atoms. The lowest BCUT2D eigenvalue weighted by Gasteiger charge is -2.10. The molecule has 2 heteroatoms. The minimum Gasteiger partial charge on any atom is -0.381 e. The predicted molar refractivity (Wildman–Crippen MR) is 67.0 cm³/mol. The molecule has 0 aliphatic heterocycles. The molecule has 0 saturated heterocycles. The second-order valence-electron chi connectivity index (χ2n) is 4.50. The minimum absolute atomic E-state index is 0.744. The van der Waals surface area contributed by atoms with Gasteiger partial charge in [0.2, 0.25) is 0 Å². The first-order valence-corrected chi connectivity index (χ1v) is 6.59. The SMILES string of the molecule is CCCCC(C)CCCCOCCCN. The molecule has 0 aliphatic rings. The Kier molecular flexibility index (Phi) is 11.9. The van der Waals surface area contributed by atoms with Crippen LogP contribution in [0.2, 0.25) is 0 Å². The van der Waals surface area contributed by atoms with Crippen LogP contribution in [0, 0.1) is 5.92 Å². The third-order valence-electron chi connectivity index (χ3n) is 2.78. The first-order chi connectivity index (χ1) is 7.31. The van der Waals surface area contributed by atoms with Gasteiger partial charge in [-0.2, -0.15) is 0 Å². The summed E-state index contributed by atoms with van der Waals surface area (Å²) in [6.07, 6.45) is 8.98. The van der Waals surface area contributed by atoms with Gasteiger partial charge in [-0.05, 0) is 25.3 Å². The van der Waals surface area contributed by atoms with E-state index in [1.165, 1.54) is 38.5 Å². The van der Waals surface area contributed by atoms with Crippen LogP contribution >= 0.6 is 0 Å². The molecule has 2 nitrogen and oxygen atoms in total. The molecule has 0 heterocycles. The molecule has 0 amide bonds. The molecule has 0 bridgehead atoms. The highest BCUT2D eigenvalue weighted by Crippen LogP contribution is 2.14. The fourth-order valence-electron chi connectivity index (χ4n) is 1.68. The maximum absolute atomic E-state index is 5.46. The Labute approximate surface area is 95.6 Å². The highest BCUT2D eigenvalue weighted by atomic mass is 16.5. The largest absolute Gasteiger partial charge is 0.381 e. The summed E-state index contributed by atoms with van der Waals surface area (Å²) in [5.74, 6) is 0.897. The topological polar surface area (TPSA) is 35.2 Å². The second-order valence-corrected chi connectivity index (χ2v) is 4.50. The third kappa shape index (κ3) is 11.8. The molecule has 2 N–H and O–H groups in total. The maximum Gasteiger partial charge on any atom is 0.0478 e. The molecule has 0 aromatic rings. The van der Waals surface area contributed by atoms with E-state index in [2.05, 4.69) is 13.8 Å². The van der Waals surface area contributed by atoms with Crippen LogP contribution in [0.15, 0.2) is 0 Å². The van der Waals surface area contributed by atoms with Crippen LogP contribution in [0.4, 0.5) is 0 Å². The zero-order chi connectivity index (χ0) is 11.4. The van der Waals surface area contributed by atoms with Crippen molar-refractivity contribution in [3.05, 3.63) is 0 Å². The van der Waals surface area contributed by atoms with E-state index in [0.717, 1.165) is 32.1 Å². The summed E-state index contributed by atoms with van der Waals surface area (Å²) in [5.41, 5.74) is 5.38. The Morgan fingerprint density at radius 2 is 1.67 bits per heavy atom. The van der Waals surface area contributed by atoms with Gasteiger partial charge in [-0.3, -0.25) is 0 Å². The highest BCUT2D eigenvalue weighted by molar-refractivity contribution is 4.53. The van der Waals surface area contributed by atoms with Crippen molar-refractivity contribution in [2.24, 2.45) is 11.7 Å². The quantitative estimate of drug-likeness (QED) is 0.536. The molecule has 1 atom stereocenters. The fraction of sp³-hybridized carbons (Fsp3) is 1.00. The van der Waals surface area contributed by atoms with Crippen LogP contribution in [-0.4, -0.2) is 19.8 Å². The second kappa shape index (κ2) is 12.0. The van der Waals surface area contributed by atoms with E-state index in [4.69, 9.17) is 10.5 Å². The van der Waals surface area contributed by atoms with Crippen molar-refractivity contribution in [1.29, 1.82) is 0 Å². The van der Waals surface area contributed by atoms with Gasteiger partial charge in [-0.15, -0.1) is 0 Å². The Morgan fingerprint density at radius 3 is 2.33 bits per heavy atom. The number of hydrogen-bond donors (Lipinski definition) is 1. The Morgan fingerprint density at radius 1 is 1.00 bits per heavy atom. The summed E-state index contributed by atoms with van der Waals surface area (Å²) >= 11 is 0. The third-order valence-corrected chi connectivity index (χ3v) is 2.78. The van der Waals surface area contributed by atoms with Crippen LogP contribution in [0.1, 0.15) is 58.8 Å². The van der Waals surface area contributed by atoms with E-state index < -0.39 is 0 Å². The maximum atomic E-state index is 5.46. The highest BCUT2D eigenvalue weighted by Gasteiger charge is 2.00. The number of nitrogens with two attached hydrogens (primary N) is 1. The van der Waals surface area contributed by atoms with Crippen molar-refractivity contribution >= 4 is 0 Å². The fourth-order valence-corrected chi connectivity index (χ4v) is 1.68. The van der Waals surface area contributed by atoms with E-state index in [1.807, 2.05) is 0 Å². The Balaban J connectivity index is 3.02.